The molecule has 0 amide bonds. The molecule has 0 bridgehead atoms. The van der Waals surface area contributed by atoms with Crippen LogP contribution in [0.2, 0.25) is 0 Å². The summed E-state index contributed by atoms with van der Waals surface area (Å²) in [6, 6.07) is 0. The van der Waals surface area contributed by atoms with Crippen molar-refractivity contribution in [3.8, 4) is 0 Å². The van der Waals surface area contributed by atoms with Crippen LogP contribution in [-0.2, 0) is 28.2 Å². The third-order valence-corrected chi connectivity index (χ3v) is 9.31. The molecular weight excluding hydrogens is 675 g/mol. The fraction of sp³-hybridized carbons (Fsp3) is 0.767. The Bertz CT molecular complexity index is 984. The van der Waals surface area contributed by atoms with Crippen molar-refractivity contribution in [1.82, 2.24) is 0 Å². The van der Waals surface area contributed by atoms with Gasteiger partial charge in [-0.05, 0) is 77.0 Å². The van der Waals surface area contributed by atoms with Crippen molar-refractivity contribution in [2.45, 2.75) is 200 Å². The predicted octanol–water partition coefficient (Wildman–Crippen LogP) is 12.7. The lowest BCUT2D eigenvalue weighted by Gasteiger charge is -2.18. The van der Waals surface area contributed by atoms with Gasteiger partial charge in [0.05, 0.1) is 6.61 Å². The van der Waals surface area contributed by atoms with E-state index in [2.05, 4.69) is 67.0 Å². The van der Waals surface area contributed by atoms with Crippen LogP contribution in [0.25, 0.3) is 0 Å². The highest BCUT2D eigenvalue weighted by Crippen LogP contribution is 2.36. The molecule has 1 atom stereocenters. The molecule has 302 valence electrons. The van der Waals surface area contributed by atoms with Gasteiger partial charge in [0.1, 0.15) is 6.61 Å². The number of allylic oxidation sites excluding steroid dienone is 8. The number of phosphoric ester groups is 1. The Hall–Kier alpha value is -1.99. The molecule has 0 aromatic heterocycles. The average molecular weight is 753 g/mol. The van der Waals surface area contributed by atoms with E-state index >= 15 is 0 Å². The van der Waals surface area contributed by atoms with Gasteiger partial charge in [-0.25, -0.2) is 4.57 Å². The van der Waals surface area contributed by atoms with E-state index in [4.69, 9.17) is 19.3 Å². The van der Waals surface area contributed by atoms with Crippen molar-refractivity contribution < 1.29 is 37.9 Å². The molecule has 0 heterocycles. The molecule has 0 aliphatic heterocycles. The average Bonchev–Trinajstić information content (AvgIpc) is 3.11. The number of hydrogen-bond acceptors (Lipinski definition) is 6. The lowest BCUT2D eigenvalue weighted by Crippen LogP contribution is -2.29. The van der Waals surface area contributed by atoms with Gasteiger partial charge < -0.3 is 19.3 Å². The maximum absolute atomic E-state index is 12.4. The van der Waals surface area contributed by atoms with E-state index in [1.54, 1.807) is 0 Å². The van der Waals surface area contributed by atoms with Crippen molar-refractivity contribution in [3.63, 3.8) is 0 Å². The monoisotopic (exact) mass is 753 g/mol. The minimum atomic E-state index is -4.76. The first-order valence-electron chi connectivity index (χ1n) is 20.9. The molecule has 2 N–H and O–H groups in total. The van der Waals surface area contributed by atoms with Crippen LogP contribution in [0, 0.1) is 0 Å². The highest BCUT2D eigenvalue weighted by molar-refractivity contribution is 7.46. The van der Waals surface area contributed by atoms with Crippen LogP contribution in [0.3, 0.4) is 0 Å². The Labute approximate surface area is 318 Å². The maximum atomic E-state index is 12.4. The fourth-order valence-electron chi connectivity index (χ4n) is 5.67. The highest BCUT2D eigenvalue weighted by atomic mass is 31.2. The van der Waals surface area contributed by atoms with E-state index in [1.807, 2.05) is 0 Å². The van der Waals surface area contributed by atoms with Gasteiger partial charge in [-0.2, -0.15) is 0 Å². The standard InChI is InChI=1S/C43H77O8P/c1-3-5-7-9-11-13-15-17-19-21-23-25-27-29-31-33-35-37-42(44)49-39-41(40-50-52(46,47)48)51-43(45)38-36-34-32-30-28-26-24-22-20-18-16-14-12-10-8-6-4-2/h11,13,17-20,23,25,41H,3-10,12,14-16,21-22,24,26-40H2,1-2H3,(H2,46,47,48)/b13-11+,19-17+,20-18+,25-23+/t41-/m1/s1. The molecule has 0 fully saturated rings. The van der Waals surface area contributed by atoms with Crippen LogP contribution in [0.15, 0.2) is 48.6 Å². The molecule has 0 aliphatic rings. The molecule has 0 aliphatic carbocycles. The minimum absolute atomic E-state index is 0.201. The Morgan fingerprint density at radius 3 is 1.35 bits per heavy atom. The van der Waals surface area contributed by atoms with Crippen molar-refractivity contribution in [3.05, 3.63) is 48.6 Å². The summed E-state index contributed by atoms with van der Waals surface area (Å²) in [4.78, 5) is 42.8. The van der Waals surface area contributed by atoms with Crippen LogP contribution >= 0.6 is 7.82 Å². The topological polar surface area (TPSA) is 119 Å². The smallest absolute Gasteiger partial charge is 0.462 e. The first-order valence-corrected chi connectivity index (χ1v) is 22.5. The second kappa shape index (κ2) is 38.7. The summed E-state index contributed by atoms with van der Waals surface area (Å²) in [5.41, 5.74) is 0. The molecule has 0 aromatic carbocycles. The third-order valence-electron chi connectivity index (χ3n) is 8.82. The molecule has 0 rings (SSSR count). The summed E-state index contributed by atoms with van der Waals surface area (Å²) >= 11 is 0. The van der Waals surface area contributed by atoms with Gasteiger partial charge >= 0.3 is 19.8 Å². The zero-order valence-corrected chi connectivity index (χ0v) is 34.1. The molecule has 0 unspecified atom stereocenters. The number of ether oxygens (including phenoxy) is 2. The zero-order chi connectivity index (χ0) is 38.2. The fourth-order valence-corrected chi connectivity index (χ4v) is 6.03. The molecule has 0 radical (unpaired) electrons. The lowest BCUT2D eigenvalue weighted by molar-refractivity contribution is -0.161. The van der Waals surface area contributed by atoms with E-state index in [9.17, 15) is 14.2 Å². The van der Waals surface area contributed by atoms with Crippen molar-refractivity contribution >= 4 is 19.8 Å². The third kappa shape index (κ3) is 40.8. The molecule has 52 heavy (non-hydrogen) atoms. The minimum Gasteiger partial charge on any atom is -0.462 e. The Balaban J connectivity index is 3.97. The first-order chi connectivity index (χ1) is 25.3. The molecule has 0 saturated carbocycles. The number of rotatable bonds is 38. The Morgan fingerprint density at radius 2 is 0.865 bits per heavy atom. The van der Waals surface area contributed by atoms with E-state index in [0.29, 0.717) is 12.8 Å². The second-order valence-corrected chi connectivity index (χ2v) is 15.2. The van der Waals surface area contributed by atoms with E-state index in [1.165, 1.54) is 89.9 Å². The van der Waals surface area contributed by atoms with Gasteiger partial charge in [-0.15, -0.1) is 0 Å². The number of esters is 2. The molecular formula is C43H77O8P. The van der Waals surface area contributed by atoms with Crippen LogP contribution in [-0.4, -0.2) is 41.0 Å². The first kappa shape index (κ1) is 50.0. The van der Waals surface area contributed by atoms with Crippen molar-refractivity contribution in [2.24, 2.45) is 0 Å². The summed E-state index contributed by atoms with van der Waals surface area (Å²) < 4.78 is 26.4. The van der Waals surface area contributed by atoms with E-state index < -0.39 is 32.5 Å². The van der Waals surface area contributed by atoms with Gasteiger partial charge in [-0.3, -0.25) is 14.1 Å². The van der Waals surface area contributed by atoms with Crippen LogP contribution < -0.4 is 0 Å². The van der Waals surface area contributed by atoms with Crippen LogP contribution in [0.5, 0.6) is 0 Å². The number of phosphoric acid groups is 1. The van der Waals surface area contributed by atoms with Crippen LogP contribution in [0.4, 0.5) is 0 Å². The van der Waals surface area contributed by atoms with Crippen LogP contribution in [0.1, 0.15) is 194 Å². The van der Waals surface area contributed by atoms with E-state index in [-0.39, 0.29) is 19.4 Å². The van der Waals surface area contributed by atoms with Gasteiger partial charge in [0.25, 0.3) is 0 Å². The second-order valence-electron chi connectivity index (χ2n) is 14.0. The van der Waals surface area contributed by atoms with Gasteiger partial charge in [0.2, 0.25) is 0 Å². The number of hydrogen-bond donors (Lipinski definition) is 2. The molecule has 8 nitrogen and oxygen atoms in total. The number of carbonyl (C=O) groups is 2. The summed E-state index contributed by atoms with van der Waals surface area (Å²) in [7, 11) is -4.76. The number of carbonyl (C=O) groups excluding carboxylic acids is 2. The zero-order valence-electron chi connectivity index (χ0n) is 33.2. The van der Waals surface area contributed by atoms with Gasteiger partial charge in [0.15, 0.2) is 6.10 Å². The normalized spacial score (nSPS) is 12.9. The summed E-state index contributed by atoms with van der Waals surface area (Å²) in [5, 5.41) is 0. The quantitative estimate of drug-likeness (QED) is 0.0277. The molecule has 0 aromatic rings. The summed E-state index contributed by atoms with van der Waals surface area (Å²) in [6.07, 6.45) is 46.8. The highest BCUT2D eigenvalue weighted by Gasteiger charge is 2.22. The number of unbranched alkanes of at least 4 members (excludes halogenated alkanes) is 20. The largest absolute Gasteiger partial charge is 0.469 e. The van der Waals surface area contributed by atoms with E-state index in [0.717, 1.165) is 64.2 Å². The maximum Gasteiger partial charge on any atom is 0.469 e. The van der Waals surface area contributed by atoms with Gasteiger partial charge in [0, 0.05) is 12.8 Å². The predicted molar refractivity (Wildman–Crippen MR) is 216 cm³/mol. The molecule has 0 saturated heterocycles. The summed E-state index contributed by atoms with van der Waals surface area (Å²) in [6.45, 7) is 3.63. The van der Waals surface area contributed by atoms with Crippen molar-refractivity contribution in [2.75, 3.05) is 13.2 Å². The van der Waals surface area contributed by atoms with Gasteiger partial charge in [-0.1, -0.05) is 152 Å². The molecule has 0 spiro atoms. The molecule has 9 heteroatoms. The SMILES string of the molecule is CCCCC/C=C/C/C=C/C/C=C/CCCCCCC(=O)OC[C@H](COP(=O)(O)O)OC(=O)CCCCCCCCC/C=C/CCCCCCCC. The lowest BCUT2D eigenvalue weighted by atomic mass is 10.1. The Morgan fingerprint density at radius 1 is 0.500 bits per heavy atom. The Kier molecular flexibility index (Phi) is 37.2. The van der Waals surface area contributed by atoms with Crippen molar-refractivity contribution in [1.29, 1.82) is 0 Å². The summed E-state index contributed by atoms with van der Waals surface area (Å²) in [5.74, 6) is -0.914.